The molecule has 5 rings (SSSR count). The number of nitrogens with zero attached hydrogens (tertiary/aromatic N) is 4. The number of amides is 1. The second-order valence-corrected chi connectivity index (χ2v) is 9.91. The molecule has 1 aliphatic rings. The number of fused-ring (bicyclic) bond motifs is 1. The van der Waals surface area contributed by atoms with Crippen molar-refractivity contribution in [2.75, 3.05) is 18.4 Å². The van der Waals surface area contributed by atoms with Crippen LogP contribution in [-0.4, -0.2) is 50.7 Å². The predicted molar refractivity (Wildman–Crippen MR) is 153 cm³/mol. The summed E-state index contributed by atoms with van der Waals surface area (Å²) in [6, 6.07) is 15.9. The molecule has 0 aliphatic carbocycles. The molecule has 2 aromatic carbocycles. The summed E-state index contributed by atoms with van der Waals surface area (Å²) in [5, 5.41) is 13.3. The molecule has 1 fully saturated rings. The van der Waals surface area contributed by atoms with Crippen molar-refractivity contribution < 1.29 is 14.3 Å². The molecule has 0 radical (unpaired) electrons. The first kappa shape index (κ1) is 26.9. The number of hydrogen-bond donors (Lipinski definition) is 2. The number of nitrogens with one attached hydrogen (secondary N) is 2. The quantitative estimate of drug-likeness (QED) is 0.158. The van der Waals surface area contributed by atoms with E-state index in [2.05, 4.69) is 26.8 Å². The third kappa shape index (κ3) is 5.67. The SMILES string of the molecule is C=C(C#N)C(=O)N1CCCCCC1CNc1ncnc2[nH]cc(C(=O)c3ccc(Oc4ccccc4)cc3Cl)c12. The van der Waals surface area contributed by atoms with Crippen molar-refractivity contribution in [3.05, 3.63) is 89.4 Å². The lowest BCUT2D eigenvalue weighted by Crippen LogP contribution is -2.44. The molecule has 0 saturated carbocycles. The molecule has 9 nitrogen and oxygen atoms in total. The van der Waals surface area contributed by atoms with E-state index < -0.39 is 0 Å². The molecular weight excluding hydrogens is 528 g/mol. The number of hydrogen-bond acceptors (Lipinski definition) is 7. The first-order chi connectivity index (χ1) is 19.5. The Morgan fingerprint density at radius 2 is 1.95 bits per heavy atom. The Morgan fingerprint density at radius 1 is 1.12 bits per heavy atom. The van der Waals surface area contributed by atoms with Crippen LogP contribution in [0.2, 0.25) is 5.02 Å². The molecule has 1 atom stereocenters. The molecule has 10 heteroatoms. The van der Waals surface area contributed by atoms with E-state index in [0.29, 0.717) is 52.6 Å². The van der Waals surface area contributed by atoms with Crippen LogP contribution < -0.4 is 10.1 Å². The zero-order valence-corrected chi connectivity index (χ0v) is 22.4. The van der Waals surface area contributed by atoms with Gasteiger partial charge in [0.05, 0.1) is 16.0 Å². The van der Waals surface area contributed by atoms with Crippen LogP contribution in [0.15, 0.2) is 73.2 Å². The normalized spacial score (nSPS) is 15.2. The van der Waals surface area contributed by atoms with Gasteiger partial charge in [-0.1, -0.05) is 49.2 Å². The second-order valence-electron chi connectivity index (χ2n) is 9.51. The first-order valence-electron chi connectivity index (χ1n) is 13.0. The molecule has 202 valence electrons. The summed E-state index contributed by atoms with van der Waals surface area (Å²) in [6.07, 6.45) is 6.61. The summed E-state index contributed by atoms with van der Waals surface area (Å²) in [4.78, 5) is 39.9. The zero-order valence-electron chi connectivity index (χ0n) is 21.7. The third-order valence-electron chi connectivity index (χ3n) is 6.91. The maximum absolute atomic E-state index is 13.6. The summed E-state index contributed by atoms with van der Waals surface area (Å²) in [5.74, 6) is 0.991. The van der Waals surface area contributed by atoms with Gasteiger partial charge in [0.25, 0.3) is 5.91 Å². The Balaban J connectivity index is 1.39. The van der Waals surface area contributed by atoms with Gasteiger partial charge in [-0.25, -0.2) is 9.97 Å². The van der Waals surface area contributed by atoms with Gasteiger partial charge in [-0.15, -0.1) is 0 Å². The Kier molecular flexibility index (Phi) is 8.08. The smallest absolute Gasteiger partial charge is 0.264 e. The van der Waals surface area contributed by atoms with Gasteiger partial charge < -0.3 is 19.9 Å². The van der Waals surface area contributed by atoms with E-state index in [9.17, 15) is 14.9 Å². The van der Waals surface area contributed by atoms with Gasteiger partial charge in [0, 0.05) is 37.0 Å². The van der Waals surface area contributed by atoms with E-state index >= 15 is 0 Å². The van der Waals surface area contributed by atoms with Crippen molar-refractivity contribution in [2.24, 2.45) is 0 Å². The van der Waals surface area contributed by atoms with Crippen molar-refractivity contribution in [2.45, 2.75) is 31.7 Å². The second kappa shape index (κ2) is 12.0. The summed E-state index contributed by atoms with van der Waals surface area (Å²) in [7, 11) is 0. The molecule has 1 unspecified atom stereocenters. The maximum atomic E-state index is 13.6. The summed E-state index contributed by atoms with van der Waals surface area (Å²) >= 11 is 6.53. The number of anilines is 1. The van der Waals surface area contributed by atoms with Gasteiger partial charge >= 0.3 is 0 Å². The fraction of sp³-hybridized carbons (Fsp3) is 0.233. The first-order valence-corrected chi connectivity index (χ1v) is 13.4. The van der Waals surface area contributed by atoms with Gasteiger partial charge in [0.2, 0.25) is 0 Å². The average molecular weight is 555 g/mol. The highest BCUT2D eigenvalue weighted by Gasteiger charge is 2.28. The molecule has 40 heavy (non-hydrogen) atoms. The van der Waals surface area contributed by atoms with Crippen LogP contribution in [0, 0.1) is 11.3 Å². The lowest BCUT2D eigenvalue weighted by Gasteiger charge is -2.30. The fourth-order valence-corrected chi connectivity index (χ4v) is 5.14. The Hall–Kier alpha value is -4.68. The Labute approximate surface area is 236 Å². The summed E-state index contributed by atoms with van der Waals surface area (Å²) < 4.78 is 5.84. The molecule has 1 saturated heterocycles. The van der Waals surface area contributed by atoms with Crippen molar-refractivity contribution >= 4 is 40.1 Å². The van der Waals surface area contributed by atoms with E-state index in [-0.39, 0.29) is 28.3 Å². The van der Waals surface area contributed by atoms with Gasteiger partial charge in [-0.2, -0.15) is 5.26 Å². The maximum Gasteiger partial charge on any atom is 0.264 e. The van der Waals surface area contributed by atoms with Crippen molar-refractivity contribution in [3.63, 3.8) is 0 Å². The number of aromatic amines is 1. The van der Waals surface area contributed by atoms with Crippen LogP contribution in [0.1, 0.15) is 41.6 Å². The minimum Gasteiger partial charge on any atom is -0.457 e. The van der Waals surface area contributed by atoms with Crippen molar-refractivity contribution in [3.8, 4) is 17.6 Å². The number of carbonyl (C=O) groups is 2. The molecule has 1 amide bonds. The molecule has 3 heterocycles. The molecule has 2 N–H and O–H groups in total. The molecule has 0 spiro atoms. The van der Waals surface area contributed by atoms with Crippen LogP contribution in [0.5, 0.6) is 11.5 Å². The Bertz CT molecular complexity index is 1610. The van der Waals surface area contributed by atoms with Crippen LogP contribution in [0.3, 0.4) is 0 Å². The summed E-state index contributed by atoms with van der Waals surface area (Å²) in [5.41, 5.74) is 1.09. The molecular formula is C30H27ClN6O3. The highest BCUT2D eigenvalue weighted by Crippen LogP contribution is 2.31. The third-order valence-corrected chi connectivity index (χ3v) is 7.23. The number of ketones is 1. The predicted octanol–water partition coefficient (Wildman–Crippen LogP) is 5.90. The van der Waals surface area contributed by atoms with E-state index in [1.54, 1.807) is 29.3 Å². The standard InChI is InChI=1S/C30H27ClN6O3/c1-19(15-32)30(39)37-13-7-3-4-8-20(37)16-33-28-26-24(17-34-29(26)36-18-35-28)27(38)23-12-11-22(14-25(23)31)40-21-9-5-2-6-10-21/h2,5-6,9-12,14,17-18,20H,1,3-4,7-8,13,16H2,(H2,33,34,35,36). The van der Waals surface area contributed by atoms with Crippen LogP contribution in [0.25, 0.3) is 11.0 Å². The van der Waals surface area contributed by atoms with E-state index in [1.807, 2.05) is 36.4 Å². The number of nitriles is 1. The largest absolute Gasteiger partial charge is 0.457 e. The van der Waals surface area contributed by atoms with Crippen LogP contribution in [0.4, 0.5) is 5.82 Å². The molecule has 0 bridgehead atoms. The van der Waals surface area contributed by atoms with E-state index in [4.69, 9.17) is 16.3 Å². The summed E-state index contributed by atoms with van der Waals surface area (Å²) in [6.45, 7) is 4.55. The number of benzene rings is 2. The van der Waals surface area contributed by atoms with Gasteiger partial charge in [0.15, 0.2) is 5.78 Å². The lowest BCUT2D eigenvalue weighted by molar-refractivity contribution is -0.128. The fourth-order valence-electron chi connectivity index (χ4n) is 4.88. The van der Waals surface area contributed by atoms with E-state index in [0.717, 1.165) is 25.7 Å². The monoisotopic (exact) mass is 554 g/mol. The molecule has 1 aliphatic heterocycles. The van der Waals surface area contributed by atoms with Gasteiger partial charge in [-0.3, -0.25) is 9.59 Å². The van der Waals surface area contributed by atoms with Gasteiger partial charge in [-0.05, 0) is 37.1 Å². The van der Waals surface area contributed by atoms with E-state index in [1.165, 1.54) is 6.33 Å². The number of likely N-dealkylation sites (tertiary alicyclic amines) is 1. The highest BCUT2D eigenvalue weighted by atomic mass is 35.5. The highest BCUT2D eigenvalue weighted by molar-refractivity contribution is 6.35. The topological polar surface area (TPSA) is 124 Å². The number of H-pyrrole nitrogens is 1. The zero-order chi connectivity index (χ0) is 28.1. The molecule has 4 aromatic rings. The average Bonchev–Trinajstić information content (AvgIpc) is 3.27. The Morgan fingerprint density at radius 3 is 2.73 bits per heavy atom. The van der Waals surface area contributed by atoms with Gasteiger partial charge in [0.1, 0.15) is 40.9 Å². The van der Waals surface area contributed by atoms with Crippen LogP contribution >= 0.6 is 11.6 Å². The number of halogens is 1. The minimum atomic E-state index is -0.351. The lowest BCUT2D eigenvalue weighted by atomic mass is 10.0. The van der Waals surface area contributed by atoms with Crippen molar-refractivity contribution in [1.82, 2.24) is 19.9 Å². The van der Waals surface area contributed by atoms with Crippen molar-refractivity contribution in [1.29, 1.82) is 5.26 Å². The number of para-hydroxylation sites is 1. The number of carbonyl (C=O) groups excluding carboxylic acids is 2. The number of aromatic nitrogens is 3. The number of ether oxygens (including phenoxy) is 1. The number of rotatable bonds is 8. The minimum absolute atomic E-state index is 0.0769. The molecule has 2 aromatic heterocycles. The van der Waals surface area contributed by atoms with Crippen LogP contribution in [-0.2, 0) is 4.79 Å².